The third-order valence-corrected chi connectivity index (χ3v) is 6.68. The summed E-state index contributed by atoms with van der Waals surface area (Å²) in [4.78, 5) is 9.85. The molecule has 31 heavy (non-hydrogen) atoms. The number of piperazine rings is 1. The lowest BCUT2D eigenvalue weighted by Crippen LogP contribution is -2.54. The van der Waals surface area contributed by atoms with Crippen LogP contribution in [0.15, 0.2) is 42.6 Å². The van der Waals surface area contributed by atoms with E-state index in [4.69, 9.17) is 0 Å². The van der Waals surface area contributed by atoms with E-state index in [1.807, 2.05) is 12.3 Å². The topological polar surface area (TPSA) is 43.4 Å². The number of benzene rings is 1. The molecule has 1 aliphatic heterocycles. The molecular formula is C25H38IN5. The highest BCUT2D eigenvalue weighted by Gasteiger charge is 2.22. The van der Waals surface area contributed by atoms with Crippen molar-refractivity contribution < 1.29 is 0 Å². The second-order valence-corrected chi connectivity index (χ2v) is 9.41. The van der Waals surface area contributed by atoms with Gasteiger partial charge in [0.2, 0.25) is 0 Å². The van der Waals surface area contributed by atoms with E-state index >= 15 is 0 Å². The Balaban J connectivity index is 1.57. The summed E-state index contributed by atoms with van der Waals surface area (Å²) < 4.78 is 3.24. The third-order valence-electron chi connectivity index (χ3n) is 6.14. The Bertz CT molecular complexity index is 767. The Morgan fingerprint density at radius 1 is 1.19 bits per heavy atom. The molecule has 0 unspecified atom stereocenters. The standard InChI is InChI=1S/C25H38IN5/c1-3-22-8-10-23(11-9-22)17-31-16-14-27-24(19-31)18-30(15-5-4-13-29-26)20-25-21(2)7-6-12-28-25/h6-12,24,27,29H,3-5,13-20H2,1-2H3/t24-/m0/s1. The molecule has 1 saturated heterocycles. The average molecular weight is 536 g/mol. The molecule has 6 heteroatoms. The third kappa shape index (κ3) is 8.42. The predicted octanol–water partition coefficient (Wildman–Crippen LogP) is 3.95. The maximum Gasteiger partial charge on any atom is 0.0573 e. The molecule has 0 amide bonds. The predicted molar refractivity (Wildman–Crippen MR) is 138 cm³/mol. The summed E-state index contributed by atoms with van der Waals surface area (Å²) >= 11 is 2.24. The molecule has 0 saturated carbocycles. The SMILES string of the molecule is CCc1ccc(CN2CCN[C@@H](CN(CCCCNI)Cc3ncccc3C)C2)cc1. The minimum Gasteiger partial charge on any atom is -0.310 e. The normalized spacial score (nSPS) is 17.4. The smallest absolute Gasteiger partial charge is 0.0573 e. The summed E-state index contributed by atoms with van der Waals surface area (Å²) in [5.74, 6) is 0. The van der Waals surface area contributed by atoms with Crippen molar-refractivity contribution in [3.8, 4) is 0 Å². The molecule has 1 aromatic heterocycles. The van der Waals surface area contributed by atoms with E-state index in [-0.39, 0.29) is 0 Å². The van der Waals surface area contributed by atoms with Crippen LogP contribution < -0.4 is 8.85 Å². The number of unbranched alkanes of at least 4 members (excludes halogenated alkanes) is 1. The minimum atomic E-state index is 0.496. The lowest BCUT2D eigenvalue weighted by molar-refractivity contribution is 0.148. The monoisotopic (exact) mass is 535 g/mol. The highest BCUT2D eigenvalue weighted by molar-refractivity contribution is 14.1. The number of pyridine rings is 1. The molecule has 2 N–H and O–H groups in total. The highest BCUT2D eigenvalue weighted by Crippen LogP contribution is 2.13. The van der Waals surface area contributed by atoms with E-state index in [1.54, 1.807) is 0 Å². The zero-order chi connectivity index (χ0) is 21.9. The largest absolute Gasteiger partial charge is 0.310 e. The molecule has 170 valence electrons. The van der Waals surface area contributed by atoms with E-state index < -0.39 is 0 Å². The van der Waals surface area contributed by atoms with E-state index in [0.717, 1.165) is 58.8 Å². The molecule has 0 spiro atoms. The Morgan fingerprint density at radius 3 is 2.74 bits per heavy atom. The average Bonchev–Trinajstić information content (AvgIpc) is 2.79. The van der Waals surface area contributed by atoms with Gasteiger partial charge in [-0.1, -0.05) is 37.3 Å². The number of nitrogens with one attached hydrogen (secondary N) is 2. The maximum atomic E-state index is 4.65. The lowest BCUT2D eigenvalue weighted by atomic mass is 10.1. The summed E-state index contributed by atoms with van der Waals surface area (Å²) in [7, 11) is 0. The van der Waals surface area contributed by atoms with Crippen molar-refractivity contribution in [2.45, 2.75) is 52.2 Å². The van der Waals surface area contributed by atoms with Crippen LogP contribution in [0.5, 0.6) is 0 Å². The van der Waals surface area contributed by atoms with Crippen molar-refractivity contribution >= 4 is 22.9 Å². The first-order chi connectivity index (χ1) is 15.2. The van der Waals surface area contributed by atoms with Crippen LogP contribution in [0.4, 0.5) is 0 Å². The van der Waals surface area contributed by atoms with Gasteiger partial charge >= 0.3 is 0 Å². The van der Waals surface area contributed by atoms with Crippen LogP contribution in [-0.4, -0.2) is 60.1 Å². The first-order valence-electron chi connectivity index (χ1n) is 11.7. The van der Waals surface area contributed by atoms with Crippen molar-refractivity contribution in [1.29, 1.82) is 0 Å². The molecule has 3 rings (SSSR count). The summed E-state index contributed by atoms with van der Waals surface area (Å²) in [5, 5.41) is 3.77. The molecule has 1 aromatic carbocycles. The summed E-state index contributed by atoms with van der Waals surface area (Å²) in [6.07, 6.45) is 5.45. The van der Waals surface area contributed by atoms with Gasteiger partial charge in [0.1, 0.15) is 0 Å². The number of aryl methyl sites for hydroxylation is 2. The molecule has 0 radical (unpaired) electrons. The molecule has 1 aliphatic rings. The van der Waals surface area contributed by atoms with Gasteiger partial charge in [-0.05, 0) is 55.5 Å². The van der Waals surface area contributed by atoms with Crippen molar-refractivity contribution in [1.82, 2.24) is 23.6 Å². The Hall–Kier alpha value is -1.06. The van der Waals surface area contributed by atoms with Gasteiger partial charge in [0.05, 0.1) is 5.69 Å². The van der Waals surface area contributed by atoms with Crippen LogP contribution in [0.25, 0.3) is 0 Å². The van der Waals surface area contributed by atoms with Gasteiger partial charge in [-0.25, -0.2) is 0 Å². The van der Waals surface area contributed by atoms with Gasteiger partial charge in [0.25, 0.3) is 0 Å². The zero-order valence-electron chi connectivity index (χ0n) is 19.1. The molecule has 0 bridgehead atoms. The first kappa shape index (κ1) is 24.6. The summed E-state index contributed by atoms with van der Waals surface area (Å²) in [6, 6.07) is 13.8. The Labute approximate surface area is 202 Å². The molecule has 2 heterocycles. The fourth-order valence-corrected chi connectivity index (χ4v) is 4.65. The number of hydrogen-bond acceptors (Lipinski definition) is 5. The van der Waals surface area contributed by atoms with Gasteiger partial charge in [0, 0.05) is 80.9 Å². The number of aromatic nitrogens is 1. The molecule has 0 aliphatic carbocycles. The summed E-state index contributed by atoms with van der Waals surface area (Å²) in [5.41, 5.74) is 5.33. The van der Waals surface area contributed by atoms with Crippen LogP contribution in [0, 0.1) is 6.92 Å². The van der Waals surface area contributed by atoms with Crippen LogP contribution >= 0.6 is 22.9 Å². The van der Waals surface area contributed by atoms with Gasteiger partial charge in [-0.3, -0.25) is 18.3 Å². The van der Waals surface area contributed by atoms with Gasteiger partial charge in [-0.2, -0.15) is 0 Å². The van der Waals surface area contributed by atoms with E-state index in [9.17, 15) is 0 Å². The van der Waals surface area contributed by atoms with E-state index in [1.165, 1.54) is 35.2 Å². The second kappa shape index (κ2) is 13.5. The fourth-order valence-electron chi connectivity index (χ4n) is 4.27. The number of rotatable bonds is 12. The lowest BCUT2D eigenvalue weighted by Gasteiger charge is -2.36. The van der Waals surface area contributed by atoms with Crippen molar-refractivity contribution in [3.63, 3.8) is 0 Å². The Morgan fingerprint density at radius 2 is 2.00 bits per heavy atom. The van der Waals surface area contributed by atoms with Gasteiger partial charge < -0.3 is 5.32 Å². The fraction of sp³-hybridized carbons (Fsp3) is 0.560. The second-order valence-electron chi connectivity index (χ2n) is 8.65. The van der Waals surface area contributed by atoms with E-state index in [0.29, 0.717) is 6.04 Å². The quantitative estimate of drug-likeness (QED) is 0.245. The van der Waals surface area contributed by atoms with Crippen molar-refractivity contribution in [2.75, 3.05) is 39.3 Å². The number of hydrogen-bond donors (Lipinski definition) is 2. The Kier molecular flexibility index (Phi) is 10.7. The highest BCUT2D eigenvalue weighted by atomic mass is 127. The number of nitrogens with zero attached hydrogens (tertiary/aromatic N) is 3. The molecule has 2 aromatic rings. The van der Waals surface area contributed by atoms with Crippen LogP contribution in [0.2, 0.25) is 0 Å². The van der Waals surface area contributed by atoms with E-state index in [2.05, 4.69) is 90.7 Å². The zero-order valence-corrected chi connectivity index (χ0v) is 21.3. The van der Waals surface area contributed by atoms with Crippen LogP contribution in [0.1, 0.15) is 42.1 Å². The van der Waals surface area contributed by atoms with Gasteiger partial charge in [0.15, 0.2) is 0 Å². The molecule has 1 atom stereocenters. The maximum absolute atomic E-state index is 4.65. The first-order valence-corrected chi connectivity index (χ1v) is 12.8. The molecular weight excluding hydrogens is 497 g/mol. The summed E-state index contributed by atoms with van der Waals surface area (Å²) in [6.45, 7) is 12.9. The van der Waals surface area contributed by atoms with Crippen molar-refractivity contribution in [2.24, 2.45) is 0 Å². The van der Waals surface area contributed by atoms with Crippen LogP contribution in [-0.2, 0) is 19.5 Å². The number of halogens is 1. The van der Waals surface area contributed by atoms with Crippen LogP contribution in [0.3, 0.4) is 0 Å². The van der Waals surface area contributed by atoms with Crippen molar-refractivity contribution in [3.05, 3.63) is 65.0 Å². The minimum absolute atomic E-state index is 0.496. The molecule has 1 fully saturated rings. The van der Waals surface area contributed by atoms with Gasteiger partial charge in [-0.15, -0.1) is 0 Å². The molecule has 5 nitrogen and oxygen atoms in total.